The molecule has 7 nitrogen and oxygen atoms in total. The number of rotatable bonds is 6. The number of primary sulfonamides is 1. The lowest BCUT2D eigenvalue weighted by Gasteiger charge is -2.12. The van der Waals surface area contributed by atoms with Crippen molar-refractivity contribution in [3.8, 4) is 0 Å². The van der Waals surface area contributed by atoms with E-state index in [0.717, 1.165) is 22.0 Å². The summed E-state index contributed by atoms with van der Waals surface area (Å²) < 4.78 is 36.3. The first-order valence-electron chi connectivity index (χ1n) is 8.68. The molecule has 9 heteroatoms. The second-order valence-electron chi connectivity index (χ2n) is 6.30. The first kappa shape index (κ1) is 19.8. The molecule has 1 aromatic heterocycles. The third-order valence-electron chi connectivity index (χ3n) is 4.33. The van der Waals surface area contributed by atoms with Crippen molar-refractivity contribution in [3.05, 3.63) is 65.6 Å². The van der Waals surface area contributed by atoms with Crippen molar-refractivity contribution >= 4 is 26.9 Å². The fourth-order valence-corrected chi connectivity index (χ4v) is 3.50. The van der Waals surface area contributed by atoms with Crippen LogP contribution in [0.15, 0.2) is 58.5 Å². The van der Waals surface area contributed by atoms with E-state index in [1.54, 1.807) is 25.2 Å². The second-order valence-corrected chi connectivity index (χ2v) is 7.86. The number of halogens is 1. The van der Waals surface area contributed by atoms with Crippen LogP contribution in [0, 0.1) is 5.82 Å². The molecule has 2 aromatic carbocycles. The van der Waals surface area contributed by atoms with Crippen LogP contribution in [0.25, 0.3) is 10.9 Å². The highest BCUT2D eigenvalue weighted by Crippen LogP contribution is 2.19. The van der Waals surface area contributed by atoms with Crippen LogP contribution >= 0.6 is 0 Å². The highest BCUT2D eigenvalue weighted by atomic mass is 32.2. The summed E-state index contributed by atoms with van der Waals surface area (Å²) >= 11 is 0. The Balaban J connectivity index is 1.56. The molecule has 0 unspecified atom stereocenters. The molecule has 3 aromatic rings. The largest absolute Gasteiger partial charge is 0.361 e. The lowest BCUT2D eigenvalue weighted by molar-refractivity contribution is 0.597. The number of nitrogens with one attached hydrogen (secondary N) is 3. The van der Waals surface area contributed by atoms with Gasteiger partial charge in [-0.25, -0.2) is 17.9 Å². The number of hydrogen-bond acceptors (Lipinski definition) is 3. The third-order valence-corrected chi connectivity index (χ3v) is 5.24. The van der Waals surface area contributed by atoms with Gasteiger partial charge in [0.05, 0.1) is 4.90 Å². The van der Waals surface area contributed by atoms with Gasteiger partial charge in [0.2, 0.25) is 10.0 Å². The highest BCUT2D eigenvalue weighted by molar-refractivity contribution is 7.89. The van der Waals surface area contributed by atoms with Gasteiger partial charge in [-0.15, -0.1) is 0 Å². The molecular weight excluding hydrogens is 381 g/mol. The molecule has 0 aliphatic carbocycles. The number of fused-ring (bicyclic) bond motifs is 1. The Bertz CT molecular complexity index is 1110. The number of nitrogens with zero attached hydrogens (tertiary/aromatic N) is 1. The first-order chi connectivity index (χ1) is 13.4. The van der Waals surface area contributed by atoms with Crippen molar-refractivity contribution in [1.29, 1.82) is 0 Å². The maximum atomic E-state index is 13.5. The van der Waals surface area contributed by atoms with E-state index in [0.29, 0.717) is 25.5 Å². The van der Waals surface area contributed by atoms with E-state index >= 15 is 0 Å². The van der Waals surface area contributed by atoms with Crippen molar-refractivity contribution in [1.82, 2.24) is 15.6 Å². The number of aromatic amines is 1. The Kier molecular flexibility index (Phi) is 5.96. The summed E-state index contributed by atoms with van der Waals surface area (Å²) in [6, 6.07) is 11.1. The van der Waals surface area contributed by atoms with Gasteiger partial charge in [0.25, 0.3) is 0 Å². The number of guanidine groups is 1. The summed E-state index contributed by atoms with van der Waals surface area (Å²) in [6.45, 7) is 0.988. The summed E-state index contributed by atoms with van der Waals surface area (Å²) in [7, 11) is -2.08. The molecule has 0 amide bonds. The lowest BCUT2D eigenvalue weighted by atomic mass is 10.1. The van der Waals surface area contributed by atoms with Crippen LogP contribution in [0.4, 0.5) is 4.39 Å². The molecule has 148 valence electrons. The standard InChI is InChI=1S/C19H22FN5O2S/c1-22-19(25-11-13-3-2-4-16(9-13)28(21,26)27)23-8-7-14-12-24-18-6-5-15(20)10-17(14)18/h2-6,9-10,12,24H,7-8,11H2,1H3,(H2,21,26,27)(H2,22,23,25). The molecule has 5 N–H and O–H groups in total. The molecule has 0 spiro atoms. The van der Waals surface area contributed by atoms with Gasteiger partial charge < -0.3 is 15.6 Å². The zero-order chi connectivity index (χ0) is 20.1. The predicted molar refractivity (Wildman–Crippen MR) is 108 cm³/mol. The number of nitrogens with two attached hydrogens (primary N) is 1. The minimum absolute atomic E-state index is 0.0707. The molecule has 0 atom stereocenters. The summed E-state index contributed by atoms with van der Waals surface area (Å²) in [6.07, 6.45) is 2.56. The summed E-state index contributed by atoms with van der Waals surface area (Å²) in [5.74, 6) is 0.313. The Hall–Kier alpha value is -2.91. The van der Waals surface area contributed by atoms with Crippen molar-refractivity contribution in [2.75, 3.05) is 13.6 Å². The predicted octanol–water partition coefficient (Wildman–Crippen LogP) is 1.86. The SMILES string of the molecule is CN=C(NCCc1c[nH]c2ccc(F)cc12)NCc1cccc(S(N)(=O)=O)c1. The smallest absolute Gasteiger partial charge is 0.238 e. The quantitative estimate of drug-likeness (QED) is 0.372. The minimum atomic E-state index is -3.73. The maximum absolute atomic E-state index is 13.5. The third kappa shape index (κ3) is 4.87. The van der Waals surface area contributed by atoms with E-state index in [9.17, 15) is 12.8 Å². The van der Waals surface area contributed by atoms with Gasteiger partial charge in [0, 0.05) is 37.2 Å². The van der Waals surface area contributed by atoms with Crippen LogP contribution in [-0.4, -0.2) is 33.0 Å². The number of hydrogen-bond donors (Lipinski definition) is 4. The van der Waals surface area contributed by atoms with Crippen LogP contribution in [0.1, 0.15) is 11.1 Å². The van der Waals surface area contributed by atoms with Gasteiger partial charge in [-0.1, -0.05) is 12.1 Å². The zero-order valence-corrected chi connectivity index (χ0v) is 16.2. The fraction of sp³-hybridized carbons (Fsp3) is 0.211. The van der Waals surface area contributed by atoms with Crippen LogP contribution in [-0.2, 0) is 23.0 Å². The topological polar surface area (TPSA) is 112 Å². The van der Waals surface area contributed by atoms with Crippen LogP contribution < -0.4 is 15.8 Å². The summed E-state index contributed by atoms with van der Waals surface area (Å²) in [4.78, 5) is 7.36. The van der Waals surface area contributed by atoms with Crippen molar-refractivity contribution < 1.29 is 12.8 Å². The lowest BCUT2D eigenvalue weighted by Crippen LogP contribution is -2.37. The monoisotopic (exact) mass is 403 g/mol. The second kappa shape index (κ2) is 8.41. The molecular formula is C19H22FN5O2S. The van der Waals surface area contributed by atoms with E-state index in [-0.39, 0.29) is 10.7 Å². The van der Waals surface area contributed by atoms with E-state index in [1.165, 1.54) is 24.3 Å². The minimum Gasteiger partial charge on any atom is -0.361 e. The van der Waals surface area contributed by atoms with Crippen molar-refractivity contribution in [2.24, 2.45) is 10.1 Å². The number of H-pyrrole nitrogens is 1. The average Bonchev–Trinajstić information content (AvgIpc) is 3.06. The molecule has 0 radical (unpaired) electrons. The zero-order valence-electron chi connectivity index (χ0n) is 15.4. The Morgan fingerprint density at radius 2 is 2.04 bits per heavy atom. The summed E-state index contributed by atoms with van der Waals surface area (Å²) in [5.41, 5.74) is 2.67. The molecule has 1 heterocycles. The van der Waals surface area contributed by atoms with Gasteiger partial charge in [-0.05, 0) is 47.9 Å². The van der Waals surface area contributed by atoms with Gasteiger partial charge in [0.1, 0.15) is 5.82 Å². The highest BCUT2D eigenvalue weighted by Gasteiger charge is 2.09. The number of sulfonamides is 1. The summed E-state index contributed by atoms with van der Waals surface area (Å²) in [5, 5.41) is 12.3. The molecule has 0 fully saturated rings. The van der Waals surface area contributed by atoms with Gasteiger partial charge in [-0.3, -0.25) is 4.99 Å². The maximum Gasteiger partial charge on any atom is 0.238 e. The van der Waals surface area contributed by atoms with Gasteiger partial charge in [0.15, 0.2) is 5.96 Å². The van der Waals surface area contributed by atoms with Crippen LogP contribution in [0.5, 0.6) is 0 Å². The molecule has 28 heavy (non-hydrogen) atoms. The van der Waals surface area contributed by atoms with Crippen LogP contribution in [0.2, 0.25) is 0 Å². The normalized spacial score (nSPS) is 12.3. The van der Waals surface area contributed by atoms with E-state index in [4.69, 9.17) is 5.14 Å². The van der Waals surface area contributed by atoms with Crippen molar-refractivity contribution in [3.63, 3.8) is 0 Å². The molecule has 0 saturated heterocycles. The molecule has 0 bridgehead atoms. The molecule has 0 saturated carbocycles. The van der Waals surface area contributed by atoms with Crippen LogP contribution in [0.3, 0.4) is 0 Å². The fourth-order valence-electron chi connectivity index (χ4n) is 2.91. The number of benzene rings is 2. The van der Waals surface area contributed by atoms with Gasteiger partial charge in [-0.2, -0.15) is 0 Å². The average molecular weight is 403 g/mol. The Morgan fingerprint density at radius 1 is 1.21 bits per heavy atom. The van der Waals surface area contributed by atoms with Crippen molar-refractivity contribution in [2.45, 2.75) is 17.9 Å². The van der Waals surface area contributed by atoms with E-state index < -0.39 is 10.0 Å². The van der Waals surface area contributed by atoms with E-state index in [2.05, 4.69) is 20.6 Å². The first-order valence-corrected chi connectivity index (χ1v) is 10.2. The van der Waals surface area contributed by atoms with Gasteiger partial charge >= 0.3 is 0 Å². The molecule has 0 aliphatic rings. The number of aromatic nitrogens is 1. The Labute approximate surface area is 162 Å². The Morgan fingerprint density at radius 3 is 2.79 bits per heavy atom. The number of aliphatic imine (C=N–C) groups is 1. The molecule has 0 aliphatic heterocycles. The van der Waals surface area contributed by atoms with E-state index in [1.807, 2.05) is 6.20 Å². The molecule has 3 rings (SSSR count).